The van der Waals surface area contributed by atoms with Gasteiger partial charge in [-0.3, -0.25) is 9.69 Å². The molecule has 0 radical (unpaired) electrons. The van der Waals surface area contributed by atoms with E-state index in [-0.39, 0.29) is 12.6 Å². The van der Waals surface area contributed by atoms with Gasteiger partial charge in [-0.05, 0) is 35.9 Å². The van der Waals surface area contributed by atoms with Crippen LogP contribution >= 0.6 is 0 Å². The minimum Gasteiger partial charge on any atom is -0.460 e. The molecular weight excluding hydrogens is 396 g/mol. The Morgan fingerprint density at radius 1 is 1.16 bits per heavy atom. The molecule has 0 aliphatic carbocycles. The van der Waals surface area contributed by atoms with Crippen LogP contribution in [0.4, 0.5) is 4.79 Å². The van der Waals surface area contributed by atoms with E-state index in [4.69, 9.17) is 15.0 Å². The minimum absolute atomic E-state index is 0.158. The number of carbonyl (C=O) groups excluding carboxylic acids is 2. The fraction of sp³-hybridized carbons (Fsp3) is 0.391. The average Bonchev–Trinajstić information content (AvgIpc) is 2.80. The summed E-state index contributed by atoms with van der Waals surface area (Å²) in [5.41, 5.74) is 10.5. The Labute approximate surface area is 181 Å². The van der Waals surface area contributed by atoms with E-state index >= 15 is 0 Å². The van der Waals surface area contributed by atoms with Gasteiger partial charge in [-0.2, -0.15) is 0 Å². The number of amides is 1. The maximum absolute atomic E-state index is 13.1. The Hall–Kier alpha value is -3.51. The second kappa shape index (κ2) is 11.0. The van der Waals surface area contributed by atoms with Gasteiger partial charge in [-0.25, -0.2) is 4.79 Å². The lowest BCUT2D eigenvalue weighted by Crippen LogP contribution is -2.50. The van der Waals surface area contributed by atoms with Gasteiger partial charge in [0.05, 0.1) is 6.04 Å². The van der Waals surface area contributed by atoms with Crippen molar-refractivity contribution in [1.82, 2.24) is 4.90 Å². The first-order chi connectivity index (χ1) is 15.1. The molecule has 2 aromatic rings. The molecule has 1 fully saturated rings. The molecule has 2 unspecified atom stereocenters. The lowest BCUT2D eigenvalue weighted by atomic mass is 9.96. The number of carbonyl (C=O) groups is 2. The van der Waals surface area contributed by atoms with Crippen molar-refractivity contribution in [3.05, 3.63) is 82.2 Å². The summed E-state index contributed by atoms with van der Waals surface area (Å²) in [6, 6.07) is 17.9. The van der Waals surface area contributed by atoms with Crippen LogP contribution in [-0.4, -0.2) is 35.2 Å². The molecule has 8 heteroatoms. The Kier molecular flexibility index (Phi) is 7.90. The normalized spacial score (nSPS) is 18.9. The first-order valence-electron chi connectivity index (χ1n) is 10.4. The second-order valence-electron chi connectivity index (χ2n) is 7.40. The molecule has 2 aromatic carbocycles. The fourth-order valence-electron chi connectivity index (χ4n) is 3.75. The van der Waals surface area contributed by atoms with Gasteiger partial charge in [-0.1, -0.05) is 72.7 Å². The SMILES string of the molecule is CC[C@H](C1CCC(N=[N+]=[N-])C(=O)O1)N(Cc1ccccc1)C(=O)OCc1ccccc1. The van der Waals surface area contributed by atoms with E-state index in [2.05, 4.69) is 10.0 Å². The highest BCUT2D eigenvalue weighted by atomic mass is 16.6. The van der Waals surface area contributed by atoms with E-state index in [1.165, 1.54) is 0 Å². The zero-order valence-corrected chi connectivity index (χ0v) is 17.5. The molecule has 0 N–H and O–H groups in total. The number of hydrogen-bond acceptors (Lipinski definition) is 5. The molecule has 1 saturated heterocycles. The zero-order chi connectivity index (χ0) is 22.1. The van der Waals surface area contributed by atoms with Crippen molar-refractivity contribution in [2.45, 2.75) is 57.5 Å². The van der Waals surface area contributed by atoms with E-state index in [9.17, 15) is 9.59 Å². The number of hydrogen-bond donors (Lipinski definition) is 0. The number of ether oxygens (including phenoxy) is 2. The van der Waals surface area contributed by atoms with E-state index in [0.29, 0.717) is 25.8 Å². The van der Waals surface area contributed by atoms with Crippen LogP contribution in [0.3, 0.4) is 0 Å². The van der Waals surface area contributed by atoms with Crippen LogP contribution in [0.15, 0.2) is 65.8 Å². The number of azide groups is 1. The molecule has 162 valence electrons. The summed E-state index contributed by atoms with van der Waals surface area (Å²) in [5.74, 6) is -0.551. The van der Waals surface area contributed by atoms with Gasteiger partial charge in [-0.15, -0.1) is 0 Å². The maximum atomic E-state index is 13.1. The minimum atomic E-state index is -0.814. The summed E-state index contributed by atoms with van der Waals surface area (Å²) in [6.07, 6.45) is 0.522. The third-order valence-electron chi connectivity index (χ3n) is 5.34. The summed E-state index contributed by atoms with van der Waals surface area (Å²) >= 11 is 0. The summed E-state index contributed by atoms with van der Waals surface area (Å²) < 4.78 is 11.2. The first kappa shape index (κ1) is 22.2. The van der Waals surface area contributed by atoms with E-state index in [1.54, 1.807) is 4.90 Å². The van der Waals surface area contributed by atoms with Crippen LogP contribution in [0.5, 0.6) is 0 Å². The van der Waals surface area contributed by atoms with Crippen LogP contribution in [0, 0.1) is 0 Å². The van der Waals surface area contributed by atoms with Gasteiger partial charge in [0.15, 0.2) is 0 Å². The molecule has 1 aliphatic heterocycles. The van der Waals surface area contributed by atoms with Crippen LogP contribution in [0.2, 0.25) is 0 Å². The van der Waals surface area contributed by atoms with Crippen molar-refractivity contribution >= 4 is 12.1 Å². The Morgan fingerprint density at radius 2 is 1.81 bits per heavy atom. The molecule has 8 nitrogen and oxygen atoms in total. The molecule has 0 aromatic heterocycles. The largest absolute Gasteiger partial charge is 0.460 e. The van der Waals surface area contributed by atoms with Crippen LogP contribution in [0.25, 0.3) is 10.4 Å². The predicted molar refractivity (Wildman–Crippen MR) is 115 cm³/mol. The van der Waals surface area contributed by atoms with Crippen LogP contribution in [0.1, 0.15) is 37.3 Å². The van der Waals surface area contributed by atoms with Gasteiger partial charge in [0.25, 0.3) is 0 Å². The molecule has 3 rings (SSSR count). The van der Waals surface area contributed by atoms with Gasteiger partial charge in [0.2, 0.25) is 0 Å². The van der Waals surface area contributed by atoms with Crippen LogP contribution in [-0.2, 0) is 27.4 Å². The molecule has 3 atom stereocenters. The summed E-state index contributed by atoms with van der Waals surface area (Å²) in [6.45, 7) is 2.44. The Bertz CT molecular complexity index is 916. The standard InChI is InChI=1S/C23H26N4O4/c1-2-20(21-14-13-19(25-26-24)22(28)31-21)27(15-17-9-5-3-6-10-17)23(29)30-16-18-11-7-4-8-12-18/h3-12,19-21H,2,13-16H2,1H3/t19?,20-,21?/m1/s1. The van der Waals surface area contributed by atoms with Gasteiger partial charge < -0.3 is 9.47 Å². The highest BCUT2D eigenvalue weighted by molar-refractivity contribution is 5.77. The smallest absolute Gasteiger partial charge is 0.410 e. The van der Waals surface area contributed by atoms with Crippen molar-refractivity contribution in [3.8, 4) is 0 Å². The number of rotatable bonds is 8. The molecular formula is C23H26N4O4. The predicted octanol–water partition coefficient (Wildman–Crippen LogP) is 4.99. The Morgan fingerprint density at radius 3 is 2.39 bits per heavy atom. The molecule has 31 heavy (non-hydrogen) atoms. The number of nitrogens with zero attached hydrogens (tertiary/aromatic N) is 4. The highest BCUT2D eigenvalue weighted by Crippen LogP contribution is 2.26. The number of esters is 1. The van der Waals surface area contributed by atoms with E-state index in [1.807, 2.05) is 67.6 Å². The first-order valence-corrected chi connectivity index (χ1v) is 10.4. The van der Waals surface area contributed by atoms with Gasteiger partial charge in [0, 0.05) is 11.5 Å². The third kappa shape index (κ3) is 5.99. The lowest BCUT2D eigenvalue weighted by molar-refractivity contribution is -0.160. The maximum Gasteiger partial charge on any atom is 0.410 e. The quantitative estimate of drug-likeness (QED) is 0.259. The van der Waals surface area contributed by atoms with Crippen molar-refractivity contribution in [3.63, 3.8) is 0 Å². The summed E-state index contributed by atoms with van der Waals surface area (Å²) in [7, 11) is 0. The van der Waals surface area contributed by atoms with E-state index in [0.717, 1.165) is 11.1 Å². The van der Waals surface area contributed by atoms with E-state index < -0.39 is 24.2 Å². The van der Waals surface area contributed by atoms with Crippen LogP contribution < -0.4 is 0 Å². The highest BCUT2D eigenvalue weighted by Gasteiger charge is 2.38. The second-order valence-corrected chi connectivity index (χ2v) is 7.40. The molecule has 1 amide bonds. The van der Waals surface area contributed by atoms with Gasteiger partial charge in [0.1, 0.15) is 18.8 Å². The summed E-state index contributed by atoms with van der Waals surface area (Å²) in [5, 5.41) is 3.50. The Balaban J connectivity index is 1.77. The van der Waals surface area contributed by atoms with Crippen molar-refractivity contribution in [2.75, 3.05) is 0 Å². The molecule has 1 heterocycles. The van der Waals surface area contributed by atoms with Crippen molar-refractivity contribution in [2.24, 2.45) is 5.11 Å². The molecule has 0 saturated carbocycles. The topological polar surface area (TPSA) is 105 Å². The van der Waals surface area contributed by atoms with Crippen molar-refractivity contribution < 1.29 is 19.1 Å². The monoisotopic (exact) mass is 422 g/mol. The zero-order valence-electron chi connectivity index (χ0n) is 17.5. The summed E-state index contributed by atoms with van der Waals surface area (Å²) in [4.78, 5) is 29.7. The number of cyclic esters (lactones) is 1. The fourth-order valence-corrected chi connectivity index (χ4v) is 3.75. The molecule has 0 spiro atoms. The van der Waals surface area contributed by atoms with Crippen molar-refractivity contribution in [1.29, 1.82) is 0 Å². The average molecular weight is 422 g/mol. The molecule has 0 bridgehead atoms. The van der Waals surface area contributed by atoms with Gasteiger partial charge >= 0.3 is 12.1 Å². The molecule has 1 aliphatic rings. The lowest BCUT2D eigenvalue weighted by Gasteiger charge is -2.38. The number of benzene rings is 2. The third-order valence-corrected chi connectivity index (χ3v) is 5.34.